The SMILES string of the molecule is O=C1CNCCN1[C@@H]1C[C@@H]2C[C@@H]2[C@@H]1O. The molecular weight excluding hydrogens is 180 g/mol. The van der Waals surface area contributed by atoms with E-state index in [9.17, 15) is 9.90 Å². The summed E-state index contributed by atoms with van der Waals surface area (Å²) in [6.07, 6.45) is 1.96. The van der Waals surface area contributed by atoms with E-state index in [2.05, 4.69) is 5.32 Å². The van der Waals surface area contributed by atoms with Crippen molar-refractivity contribution in [1.82, 2.24) is 10.2 Å². The summed E-state index contributed by atoms with van der Waals surface area (Å²) in [5, 5.41) is 13.0. The van der Waals surface area contributed by atoms with Crippen LogP contribution in [0.25, 0.3) is 0 Å². The molecular formula is C10H16N2O2. The van der Waals surface area contributed by atoms with Crippen LogP contribution in [0.1, 0.15) is 12.8 Å². The van der Waals surface area contributed by atoms with Crippen molar-refractivity contribution in [2.75, 3.05) is 19.6 Å². The Hall–Kier alpha value is -0.610. The highest BCUT2D eigenvalue weighted by Gasteiger charge is 2.55. The Bertz CT molecular complexity index is 269. The summed E-state index contributed by atoms with van der Waals surface area (Å²) in [4.78, 5) is 13.5. The minimum Gasteiger partial charge on any atom is -0.391 e. The summed E-state index contributed by atoms with van der Waals surface area (Å²) in [6, 6.07) is 0.119. The predicted molar refractivity (Wildman–Crippen MR) is 50.6 cm³/mol. The van der Waals surface area contributed by atoms with Crippen LogP contribution in [0.15, 0.2) is 0 Å². The van der Waals surface area contributed by atoms with Gasteiger partial charge in [0.05, 0.1) is 18.7 Å². The number of aliphatic hydroxyl groups is 1. The van der Waals surface area contributed by atoms with Gasteiger partial charge in [-0.3, -0.25) is 4.79 Å². The quantitative estimate of drug-likeness (QED) is 0.576. The van der Waals surface area contributed by atoms with Crippen molar-refractivity contribution in [2.24, 2.45) is 11.8 Å². The Morgan fingerprint density at radius 1 is 1.43 bits per heavy atom. The van der Waals surface area contributed by atoms with Gasteiger partial charge in [-0.2, -0.15) is 0 Å². The standard InChI is InChI=1S/C10H16N2O2/c13-9-5-11-1-2-12(9)8-4-6-3-7(6)10(8)14/h6-8,10-11,14H,1-5H2/t6-,7-,8+,10-/m0/s1. The highest BCUT2D eigenvalue weighted by atomic mass is 16.3. The maximum atomic E-state index is 11.6. The number of carbonyl (C=O) groups is 1. The zero-order valence-corrected chi connectivity index (χ0v) is 8.15. The molecule has 0 aromatic rings. The molecule has 3 fully saturated rings. The lowest BCUT2D eigenvalue weighted by Crippen LogP contribution is -2.55. The van der Waals surface area contributed by atoms with E-state index in [1.165, 1.54) is 6.42 Å². The summed E-state index contributed by atoms with van der Waals surface area (Å²) in [5.41, 5.74) is 0. The van der Waals surface area contributed by atoms with Gasteiger partial charge in [0.2, 0.25) is 5.91 Å². The maximum absolute atomic E-state index is 11.6. The van der Waals surface area contributed by atoms with Gasteiger partial charge in [0.15, 0.2) is 0 Å². The maximum Gasteiger partial charge on any atom is 0.236 e. The molecule has 2 aliphatic carbocycles. The molecule has 0 spiro atoms. The van der Waals surface area contributed by atoms with Crippen LogP contribution in [0, 0.1) is 11.8 Å². The van der Waals surface area contributed by atoms with E-state index in [-0.39, 0.29) is 18.1 Å². The Morgan fingerprint density at radius 2 is 2.29 bits per heavy atom. The monoisotopic (exact) mass is 196 g/mol. The highest BCUT2D eigenvalue weighted by Crippen LogP contribution is 2.53. The summed E-state index contributed by atoms with van der Waals surface area (Å²) in [7, 11) is 0. The molecule has 78 valence electrons. The second-order valence-electron chi connectivity index (χ2n) is 4.72. The summed E-state index contributed by atoms with van der Waals surface area (Å²) in [5.74, 6) is 1.36. The van der Waals surface area contributed by atoms with Crippen molar-refractivity contribution in [2.45, 2.75) is 25.0 Å². The smallest absolute Gasteiger partial charge is 0.236 e. The molecule has 4 nitrogen and oxygen atoms in total. The summed E-state index contributed by atoms with van der Waals surface area (Å²) in [6.45, 7) is 2.07. The van der Waals surface area contributed by atoms with Crippen molar-refractivity contribution in [3.8, 4) is 0 Å². The van der Waals surface area contributed by atoms with Gasteiger partial charge in [-0.05, 0) is 24.7 Å². The molecule has 4 heteroatoms. The molecule has 0 bridgehead atoms. The number of hydrogen-bond acceptors (Lipinski definition) is 3. The van der Waals surface area contributed by atoms with Crippen LogP contribution >= 0.6 is 0 Å². The van der Waals surface area contributed by atoms with E-state index in [1.807, 2.05) is 4.90 Å². The topological polar surface area (TPSA) is 52.6 Å². The number of amides is 1. The number of carbonyl (C=O) groups excluding carboxylic acids is 1. The zero-order chi connectivity index (χ0) is 9.71. The molecule has 0 aromatic heterocycles. The number of nitrogens with zero attached hydrogens (tertiary/aromatic N) is 1. The first kappa shape index (κ1) is 8.68. The van der Waals surface area contributed by atoms with E-state index in [1.54, 1.807) is 0 Å². The normalized spacial score (nSPS) is 46.6. The Labute approximate surface area is 83.3 Å². The fraction of sp³-hybridized carbons (Fsp3) is 0.900. The van der Waals surface area contributed by atoms with Gasteiger partial charge >= 0.3 is 0 Å². The first-order valence-electron chi connectivity index (χ1n) is 5.45. The van der Waals surface area contributed by atoms with Crippen molar-refractivity contribution in [3.63, 3.8) is 0 Å². The van der Waals surface area contributed by atoms with Crippen LogP contribution in [0.2, 0.25) is 0 Å². The molecule has 0 unspecified atom stereocenters. The number of fused-ring (bicyclic) bond motifs is 1. The highest BCUT2D eigenvalue weighted by molar-refractivity contribution is 5.79. The Balaban J connectivity index is 1.72. The fourth-order valence-corrected chi connectivity index (χ4v) is 2.98. The van der Waals surface area contributed by atoms with E-state index in [0.29, 0.717) is 18.4 Å². The molecule has 3 rings (SSSR count). The zero-order valence-electron chi connectivity index (χ0n) is 8.15. The lowest BCUT2D eigenvalue weighted by Gasteiger charge is -2.35. The van der Waals surface area contributed by atoms with E-state index in [4.69, 9.17) is 0 Å². The Morgan fingerprint density at radius 3 is 2.93 bits per heavy atom. The van der Waals surface area contributed by atoms with Crippen molar-refractivity contribution < 1.29 is 9.90 Å². The number of piperazine rings is 1. The minimum atomic E-state index is -0.248. The molecule has 1 saturated heterocycles. The van der Waals surface area contributed by atoms with Crippen LogP contribution < -0.4 is 5.32 Å². The Kier molecular flexibility index (Phi) is 1.82. The van der Waals surface area contributed by atoms with Gasteiger partial charge in [0, 0.05) is 13.1 Å². The molecule has 2 N–H and O–H groups in total. The number of hydrogen-bond donors (Lipinski definition) is 2. The third-order valence-corrected chi connectivity index (χ3v) is 3.88. The molecule has 1 heterocycles. The number of aliphatic hydroxyl groups excluding tert-OH is 1. The molecule has 1 amide bonds. The summed E-state index contributed by atoms with van der Waals surface area (Å²) >= 11 is 0. The average molecular weight is 196 g/mol. The van der Waals surface area contributed by atoms with Gasteiger partial charge < -0.3 is 15.3 Å². The molecule has 4 atom stereocenters. The first-order chi connectivity index (χ1) is 6.77. The van der Waals surface area contributed by atoms with Gasteiger partial charge in [0.25, 0.3) is 0 Å². The van der Waals surface area contributed by atoms with Gasteiger partial charge in [-0.15, -0.1) is 0 Å². The largest absolute Gasteiger partial charge is 0.391 e. The van der Waals surface area contributed by atoms with Crippen LogP contribution in [0.4, 0.5) is 0 Å². The van der Waals surface area contributed by atoms with Gasteiger partial charge in [-0.1, -0.05) is 0 Å². The molecule has 3 aliphatic rings. The van der Waals surface area contributed by atoms with E-state index in [0.717, 1.165) is 19.5 Å². The molecule has 14 heavy (non-hydrogen) atoms. The van der Waals surface area contributed by atoms with Crippen molar-refractivity contribution >= 4 is 5.91 Å². The molecule has 0 aromatic carbocycles. The molecule has 1 aliphatic heterocycles. The van der Waals surface area contributed by atoms with E-state index < -0.39 is 0 Å². The van der Waals surface area contributed by atoms with E-state index >= 15 is 0 Å². The van der Waals surface area contributed by atoms with Gasteiger partial charge in [0.1, 0.15) is 0 Å². The third-order valence-electron chi connectivity index (χ3n) is 3.88. The first-order valence-corrected chi connectivity index (χ1v) is 5.45. The van der Waals surface area contributed by atoms with Crippen LogP contribution in [0.5, 0.6) is 0 Å². The van der Waals surface area contributed by atoms with Crippen molar-refractivity contribution in [1.29, 1.82) is 0 Å². The molecule has 2 saturated carbocycles. The second kappa shape index (κ2) is 2.94. The second-order valence-corrected chi connectivity index (χ2v) is 4.72. The number of nitrogens with one attached hydrogen (secondary N) is 1. The van der Waals surface area contributed by atoms with Crippen molar-refractivity contribution in [3.05, 3.63) is 0 Å². The third kappa shape index (κ3) is 1.17. The van der Waals surface area contributed by atoms with Crippen LogP contribution in [0.3, 0.4) is 0 Å². The van der Waals surface area contributed by atoms with Gasteiger partial charge in [-0.25, -0.2) is 0 Å². The minimum absolute atomic E-state index is 0.119. The lowest BCUT2D eigenvalue weighted by molar-refractivity contribution is -0.136. The average Bonchev–Trinajstić information content (AvgIpc) is 2.88. The number of rotatable bonds is 1. The lowest BCUT2D eigenvalue weighted by atomic mass is 10.1. The fourth-order valence-electron chi connectivity index (χ4n) is 2.98. The molecule has 0 radical (unpaired) electrons. The van der Waals surface area contributed by atoms with Crippen LogP contribution in [-0.4, -0.2) is 47.7 Å². The summed E-state index contributed by atoms with van der Waals surface area (Å²) < 4.78 is 0. The van der Waals surface area contributed by atoms with Crippen LogP contribution in [-0.2, 0) is 4.79 Å². The predicted octanol–water partition coefficient (Wildman–Crippen LogP) is -0.812.